The van der Waals surface area contributed by atoms with Crippen molar-refractivity contribution in [3.05, 3.63) is 72.0 Å². The first-order valence-electron chi connectivity index (χ1n) is 7.98. The Morgan fingerprint density at radius 1 is 1.24 bits per heavy atom. The average molecular weight is 342 g/mol. The second kappa shape index (κ2) is 8.44. The van der Waals surface area contributed by atoms with Crippen LogP contribution in [0.25, 0.3) is 0 Å². The number of carbonyl (C=O) groups is 2. The van der Waals surface area contributed by atoms with Crippen molar-refractivity contribution in [1.82, 2.24) is 0 Å². The van der Waals surface area contributed by atoms with Crippen LogP contribution in [-0.4, -0.2) is 37.7 Å². The van der Waals surface area contributed by atoms with Crippen LogP contribution in [0, 0.1) is 0 Å². The van der Waals surface area contributed by atoms with Gasteiger partial charge < -0.3 is 14.2 Å². The van der Waals surface area contributed by atoms with Crippen molar-refractivity contribution in [3.8, 4) is 0 Å². The number of hydrogen-bond acceptors (Lipinski definition) is 5. The summed E-state index contributed by atoms with van der Waals surface area (Å²) in [5, 5.41) is 0. The number of Topliss-reactive ketones (excluding diaryl/α,β-unsaturated/α-hetero) is 1. The van der Waals surface area contributed by atoms with Gasteiger partial charge in [0.1, 0.15) is 19.0 Å². The zero-order valence-electron chi connectivity index (χ0n) is 14.5. The summed E-state index contributed by atoms with van der Waals surface area (Å²) in [5.41, 5.74) is 0.520. The molecule has 2 rings (SSSR count). The quantitative estimate of drug-likeness (QED) is 0.314. The molecule has 1 aliphatic rings. The molecule has 0 radical (unpaired) electrons. The van der Waals surface area contributed by atoms with Crippen LogP contribution in [0.3, 0.4) is 0 Å². The van der Waals surface area contributed by atoms with E-state index in [1.165, 1.54) is 0 Å². The van der Waals surface area contributed by atoms with Gasteiger partial charge in [0.25, 0.3) is 0 Å². The molecule has 1 atom stereocenters. The summed E-state index contributed by atoms with van der Waals surface area (Å²) < 4.78 is 16.1. The van der Waals surface area contributed by atoms with Gasteiger partial charge in [-0.3, -0.25) is 4.79 Å². The molecule has 0 saturated carbocycles. The molecule has 1 aliphatic carbocycles. The molecule has 0 aliphatic heterocycles. The normalized spacial score (nSPS) is 19.4. The standard InChI is InChI=1S/C20H22O5/c1-4-18(21)25-13-12-24-17-14-20(2,23-3)11-10-16(17)19(22)15-8-6-5-7-9-15/h4-11H,1,12-14H2,2-3H3. The molecule has 1 aromatic rings. The van der Waals surface area contributed by atoms with E-state index in [4.69, 9.17) is 14.2 Å². The van der Waals surface area contributed by atoms with Crippen LogP contribution in [-0.2, 0) is 19.0 Å². The zero-order valence-corrected chi connectivity index (χ0v) is 14.5. The molecule has 5 heteroatoms. The number of hydrogen-bond donors (Lipinski definition) is 0. The largest absolute Gasteiger partial charge is 0.493 e. The Kier molecular flexibility index (Phi) is 6.31. The van der Waals surface area contributed by atoms with Gasteiger partial charge in [0.05, 0.1) is 11.2 Å². The molecule has 0 fully saturated rings. The molecule has 0 saturated heterocycles. The maximum Gasteiger partial charge on any atom is 0.330 e. The fourth-order valence-corrected chi connectivity index (χ4v) is 2.41. The van der Waals surface area contributed by atoms with Gasteiger partial charge in [0.15, 0.2) is 5.78 Å². The van der Waals surface area contributed by atoms with E-state index in [1.54, 1.807) is 25.3 Å². The lowest BCUT2D eigenvalue weighted by Gasteiger charge is -2.30. The van der Waals surface area contributed by atoms with E-state index in [0.29, 0.717) is 23.3 Å². The fourth-order valence-electron chi connectivity index (χ4n) is 2.41. The Balaban J connectivity index is 2.17. The van der Waals surface area contributed by atoms with Gasteiger partial charge in [-0.2, -0.15) is 0 Å². The molecule has 5 nitrogen and oxygen atoms in total. The monoisotopic (exact) mass is 342 g/mol. The van der Waals surface area contributed by atoms with E-state index in [2.05, 4.69) is 6.58 Å². The second-order valence-corrected chi connectivity index (χ2v) is 5.78. The van der Waals surface area contributed by atoms with Gasteiger partial charge in [0, 0.05) is 25.2 Å². The molecule has 1 aromatic carbocycles. The molecule has 1 unspecified atom stereocenters. The topological polar surface area (TPSA) is 61.8 Å². The minimum atomic E-state index is -0.548. The molecular formula is C20H22O5. The van der Waals surface area contributed by atoms with Crippen LogP contribution in [0.4, 0.5) is 0 Å². The molecule has 0 amide bonds. The van der Waals surface area contributed by atoms with Gasteiger partial charge in [-0.25, -0.2) is 4.79 Å². The van der Waals surface area contributed by atoms with Crippen molar-refractivity contribution < 1.29 is 23.8 Å². The Bertz CT molecular complexity index is 702. The smallest absolute Gasteiger partial charge is 0.330 e. The molecule has 0 N–H and O–H groups in total. The molecular weight excluding hydrogens is 320 g/mol. The molecule has 0 aromatic heterocycles. The van der Waals surface area contributed by atoms with E-state index >= 15 is 0 Å². The number of ether oxygens (including phenoxy) is 3. The highest BCUT2D eigenvalue weighted by atomic mass is 16.6. The number of ketones is 1. The van der Waals surface area contributed by atoms with Gasteiger partial charge in [-0.05, 0) is 13.0 Å². The average Bonchev–Trinajstić information content (AvgIpc) is 2.65. The first kappa shape index (κ1) is 18.7. The van der Waals surface area contributed by atoms with Crippen LogP contribution < -0.4 is 0 Å². The van der Waals surface area contributed by atoms with Crippen molar-refractivity contribution in [2.24, 2.45) is 0 Å². The van der Waals surface area contributed by atoms with Gasteiger partial charge >= 0.3 is 5.97 Å². The molecule has 132 valence electrons. The lowest BCUT2D eigenvalue weighted by Crippen LogP contribution is -2.30. The van der Waals surface area contributed by atoms with Crippen LogP contribution in [0.2, 0.25) is 0 Å². The summed E-state index contributed by atoms with van der Waals surface area (Å²) in [4.78, 5) is 23.8. The number of esters is 1. The Morgan fingerprint density at radius 3 is 2.60 bits per heavy atom. The lowest BCUT2D eigenvalue weighted by molar-refractivity contribution is -0.138. The van der Waals surface area contributed by atoms with E-state index in [1.807, 2.05) is 31.2 Å². The van der Waals surface area contributed by atoms with E-state index in [9.17, 15) is 9.59 Å². The predicted molar refractivity (Wildman–Crippen MR) is 94.1 cm³/mol. The predicted octanol–water partition coefficient (Wildman–Crippen LogP) is 3.23. The second-order valence-electron chi connectivity index (χ2n) is 5.78. The van der Waals surface area contributed by atoms with E-state index in [-0.39, 0.29) is 19.0 Å². The first-order chi connectivity index (χ1) is 12.0. The Hall–Kier alpha value is -2.66. The van der Waals surface area contributed by atoms with Gasteiger partial charge in [0.2, 0.25) is 0 Å². The summed E-state index contributed by atoms with van der Waals surface area (Å²) >= 11 is 0. The van der Waals surface area contributed by atoms with E-state index < -0.39 is 11.6 Å². The van der Waals surface area contributed by atoms with Crippen molar-refractivity contribution in [1.29, 1.82) is 0 Å². The summed E-state index contributed by atoms with van der Waals surface area (Å²) in [6.45, 7) is 5.47. The number of benzene rings is 1. The molecule has 25 heavy (non-hydrogen) atoms. The highest BCUT2D eigenvalue weighted by molar-refractivity contribution is 6.11. The van der Waals surface area contributed by atoms with Crippen LogP contribution >= 0.6 is 0 Å². The van der Waals surface area contributed by atoms with Crippen LogP contribution in [0.1, 0.15) is 23.7 Å². The number of allylic oxidation sites excluding steroid dienone is 2. The fraction of sp³-hybridized carbons (Fsp3) is 0.300. The highest BCUT2D eigenvalue weighted by Crippen LogP contribution is 2.31. The maximum atomic E-state index is 12.8. The van der Waals surface area contributed by atoms with Crippen molar-refractivity contribution in [3.63, 3.8) is 0 Å². The molecule has 0 heterocycles. The third-order valence-electron chi connectivity index (χ3n) is 3.93. The third kappa shape index (κ3) is 4.90. The minimum absolute atomic E-state index is 0.0779. The lowest BCUT2D eigenvalue weighted by atomic mass is 9.89. The summed E-state index contributed by atoms with van der Waals surface area (Å²) in [6, 6.07) is 9.01. The molecule has 0 spiro atoms. The van der Waals surface area contributed by atoms with Crippen molar-refractivity contribution in [2.75, 3.05) is 20.3 Å². The van der Waals surface area contributed by atoms with Crippen LogP contribution in [0.15, 0.2) is 66.5 Å². The summed E-state index contributed by atoms with van der Waals surface area (Å²) in [7, 11) is 1.61. The van der Waals surface area contributed by atoms with E-state index in [0.717, 1.165) is 6.08 Å². The Labute approximate surface area is 147 Å². The maximum absolute atomic E-state index is 12.8. The summed E-state index contributed by atoms with van der Waals surface area (Å²) in [6.07, 6.45) is 5.10. The minimum Gasteiger partial charge on any atom is -0.493 e. The Morgan fingerprint density at radius 2 is 1.96 bits per heavy atom. The summed E-state index contributed by atoms with van der Waals surface area (Å²) in [5.74, 6) is -0.105. The first-order valence-corrected chi connectivity index (χ1v) is 7.98. The van der Waals surface area contributed by atoms with Crippen LogP contribution in [0.5, 0.6) is 0 Å². The van der Waals surface area contributed by atoms with Crippen molar-refractivity contribution >= 4 is 11.8 Å². The highest BCUT2D eigenvalue weighted by Gasteiger charge is 2.30. The van der Waals surface area contributed by atoms with Crippen molar-refractivity contribution in [2.45, 2.75) is 18.9 Å². The van der Waals surface area contributed by atoms with Gasteiger partial charge in [-0.15, -0.1) is 0 Å². The zero-order chi connectivity index (χ0) is 18.3. The third-order valence-corrected chi connectivity index (χ3v) is 3.93. The number of carbonyl (C=O) groups excluding carboxylic acids is 2. The number of methoxy groups -OCH3 is 1. The van der Waals surface area contributed by atoms with Gasteiger partial charge in [-0.1, -0.05) is 43.0 Å². The SMILES string of the molecule is C=CC(=O)OCCOC1=C(C(=O)c2ccccc2)C=CC(C)(OC)C1. The number of rotatable bonds is 8. The molecule has 0 bridgehead atoms.